The molecular formula is C25H29ClN7+. The molecule has 5 rings (SSSR count). The zero-order valence-electron chi connectivity index (χ0n) is 19.5. The van der Waals surface area contributed by atoms with Crippen LogP contribution in [-0.4, -0.2) is 38.0 Å². The van der Waals surface area contributed by atoms with E-state index in [9.17, 15) is 0 Å². The van der Waals surface area contributed by atoms with Crippen molar-refractivity contribution < 1.29 is 4.57 Å². The van der Waals surface area contributed by atoms with Gasteiger partial charge in [-0.1, -0.05) is 76.6 Å². The van der Waals surface area contributed by atoms with E-state index in [0.717, 1.165) is 59.1 Å². The fraction of sp³-hybridized carbons (Fsp3) is 0.360. The number of guanidine groups is 1. The van der Waals surface area contributed by atoms with E-state index < -0.39 is 0 Å². The Bertz CT molecular complexity index is 1220. The molecule has 1 atom stereocenters. The van der Waals surface area contributed by atoms with E-state index >= 15 is 0 Å². The van der Waals surface area contributed by atoms with Crippen molar-refractivity contribution in [1.82, 2.24) is 19.7 Å². The number of aromatic nitrogens is 3. The highest BCUT2D eigenvalue weighted by Gasteiger charge is 2.46. The smallest absolute Gasteiger partial charge is 0.287 e. The number of benzene rings is 2. The van der Waals surface area contributed by atoms with Crippen LogP contribution in [0.5, 0.6) is 0 Å². The van der Waals surface area contributed by atoms with Gasteiger partial charge in [0.1, 0.15) is 5.84 Å². The normalized spacial score (nSPS) is 17.1. The van der Waals surface area contributed by atoms with E-state index in [0.29, 0.717) is 6.54 Å². The molecule has 3 heterocycles. The van der Waals surface area contributed by atoms with Gasteiger partial charge in [0, 0.05) is 24.1 Å². The number of fused-ring (bicyclic) bond motifs is 2. The fourth-order valence-electron chi connectivity index (χ4n) is 4.35. The molecule has 0 bridgehead atoms. The molecule has 33 heavy (non-hydrogen) atoms. The van der Waals surface area contributed by atoms with Crippen LogP contribution < -0.4 is 4.57 Å². The van der Waals surface area contributed by atoms with Crippen LogP contribution in [0.1, 0.15) is 55.4 Å². The van der Waals surface area contributed by atoms with E-state index in [1.807, 2.05) is 28.7 Å². The molecule has 0 amide bonds. The molecule has 0 saturated carbocycles. The first kappa shape index (κ1) is 21.6. The van der Waals surface area contributed by atoms with Crippen LogP contribution in [0, 0.1) is 13.8 Å². The predicted octanol–water partition coefficient (Wildman–Crippen LogP) is 4.79. The second-order valence-corrected chi connectivity index (χ2v) is 9.13. The quantitative estimate of drug-likeness (QED) is 0.495. The second kappa shape index (κ2) is 8.63. The first-order chi connectivity index (χ1) is 16.0. The topological polar surface area (TPSA) is 52.9 Å². The van der Waals surface area contributed by atoms with E-state index in [-0.39, 0.29) is 6.17 Å². The highest BCUT2D eigenvalue weighted by molar-refractivity contribution is 6.30. The van der Waals surface area contributed by atoms with Crippen LogP contribution in [0.2, 0.25) is 5.02 Å². The number of unbranched alkanes of at least 4 members (excludes halogenated alkanes) is 1. The molecule has 0 aliphatic carbocycles. The molecule has 0 spiro atoms. The van der Waals surface area contributed by atoms with Crippen LogP contribution in [0.15, 0.2) is 58.6 Å². The van der Waals surface area contributed by atoms with Crippen molar-refractivity contribution in [3.63, 3.8) is 0 Å². The highest BCUT2D eigenvalue weighted by atomic mass is 35.5. The lowest BCUT2D eigenvalue weighted by molar-refractivity contribution is -0.682. The summed E-state index contributed by atoms with van der Waals surface area (Å²) in [5.74, 6) is 3.56. The minimum Gasteiger partial charge on any atom is -0.287 e. The van der Waals surface area contributed by atoms with Gasteiger partial charge in [0.15, 0.2) is 0 Å². The third-order valence-corrected chi connectivity index (χ3v) is 6.46. The van der Waals surface area contributed by atoms with Crippen molar-refractivity contribution in [2.45, 2.75) is 53.2 Å². The number of nitrogens with zero attached hydrogens (tertiary/aromatic N) is 7. The molecule has 2 aromatic carbocycles. The van der Waals surface area contributed by atoms with Gasteiger partial charge in [0.2, 0.25) is 12.0 Å². The van der Waals surface area contributed by atoms with Crippen molar-refractivity contribution in [3.8, 4) is 0 Å². The lowest BCUT2D eigenvalue weighted by atomic mass is 10.1. The van der Waals surface area contributed by atoms with Gasteiger partial charge < -0.3 is 0 Å². The Morgan fingerprint density at radius 2 is 1.73 bits per heavy atom. The number of aliphatic imine (C=N–C) groups is 1. The largest absolute Gasteiger partial charge is 0.388 e. The first-order valence-electron chi connectivity index (χ1n) is 11.5. The average molecular weight is 463 g/mol. The molecule has 1 unspecified atom stereocenters. The van der Waals surface area contributed by atoms with E-state index in [2.05, 4.69) is 66.6 Å². The van der Waals surface area contributed by atoms with E-state index in [1.165, 1.54) is 5.56 Å². The van der Waals surface area contributed by atoms with Gasteiger partial charge in [0.05, 0.1) is 6.54 Å². The predicted molar refractivity (Wildman–Crippen MR) is 131 cm³/mol. The number of hydrogen-bond acceptors (Lipinski definition) is 5. The minimum atomic E-state index is -0.195. The van der Waals surface area contributed by atoms with Gasteiger partial charge in [-0.05, 0) is 43.1 Å². The monoisotopic (exact) mass is 462 g/mol. The van der Waals surface area contributed by atoms with Crippen molar-refractivity contribution in [2.75, 3.05) is 6.54 Å². The van der Waals surface area contributed by atoms with Gasteiger partial charge in [0.25, 0.3) is 5.96 Å². The van der Waals surface area contributed by atoms with Crippen LogP contribution in [0.4, 0.5) is 5.95 Å². The molecule has 0 saturated heterocycles. The maximum absolute atomic E-state index is 6.10. The lowest BCUT2D eigenvalue weighted by Crippen LogP contribution is -2.45. The van der Waals surface area contributed by atoms with Gasteiger partial charge in [-0.2, -0.15) is 10.1 Å². The molecule has 2 aliphatic rings. The summed E-state index contributed by atoms with van der Waals surface area (Å²) in [6.45, 7) is 9.96. The van der Waals surface area contributed by atoms with Gasteiger partial charge in [-0.25, -0.2) is 4.57 Å². The van der Waals surface area contributed by atoms with Crippen molar-refractivity contribution in [1.29, 1.82) is 0 Å². The number of halogens is 1. The Kier molecular flexibility index (Phi) is 5.66. The van der Waals surface area contributed by atoms with Gasteiger partial charge >= 0.3 is 5.95 Å². The standard InChI is InChI=1S/C25H29ClN7/c1-5-6-15-30-18(3)28-32-23(21-11-7-17(2)8-12-21)33-25(27-24(30)32)31(19(4)29-33)16-20-9-13-22(26)14-10-20/h7-14,23H,5-6,15-16H2,1-4H3/q+1. The molecular weight excluding hydrogens is 434 g/mol. The number of aryl methyl sites for hydroxylation is 2. The molecule has 3 aromatic rings. The molecule has 0 fully saturated rings. The summed E-state index contributed by atoms with van der Waals surface area (Å²) < 4.78 is 4.17. The maximum Gasteiger partial charge on any atom is 0.388 e. The molecule has 1 aromatic heterocycles. The van der Waals surface area contributed by atoms with Crippen LogP contribution in [0.3, 0.4) is 0 Å². The summed E-state index contributed by atoms with van der Waals surface area (Å²) in [6.07, 6.45) is 2.00. The summed E-state index contributed by atoms with van der Waals surface area (Å²) >= 11 is 6.10. The lowest BCUT2D eigenvalue weighted by Gasteiger charge is -2.28. The molecule has 8 heteroatoms. The average Bonchev–Trinajstić information content (AvgIpc) is 3.28. The number of amidine groups is 1. The first-order valence-corrected chi connectivity index (χ1v) is 11.8. The van der Waals surface area contributed by atoms with Crippen molar-refractivity contribution >= 4 is 29.3 Å². The van der Waals surface area contributed by atoms with Crippen LogP contribution in [0.25, 0.3) is 0 Å². The summed E-state index contributed by atoms with van der Waals surface area (Å²) in [5.41, 5.74) is 3.51. The van der Waals surface area contributed by atoms with Crippen LogP contribution in [-0.2, 0) is 6.54 Å². The third kappa shape index (κ3) is 3.91. The van der Waals surface area contributed by atoms with Crippen LogP contribution >= 0.6 is 11.6 Å². The third-order valence-electron chi connectivity index (χ3n) is 6.21. The Morgan fingerprint density at radius 1 is 1.00 bits per heavy atom. The van der Waals surface area contributed by atoms with E-state index in [4.69, 9.17) is 26.8 Å². The SMILES string of the molecule is CCCCN1C(C)=NN2C1=Nc1n(nc(C)[n+]1Cc1ccc(Cl)cc1)C2c1ccc(C)cc1. The minimum absolute atomic E-state index is 0.195. The number of hydrogen-bond donors (Lipinski definition) is 0. The molecule has 170 valence electrons. The number of hydrazone groups is 1. The highest BCUT2D eigenvalue weighted by Crippen LogP contribution is 2.35. The van der Waals surface area contributed by atoms with Crippen molar-refractivity contribution in [3.05, 3.63) is 76.1 Å². The molecule has 0 N–H and O–H groups in total. The fourth-order valence-corrected chi connectivity index (χ4v) is 4.47. The molecule has 0 radical (unpaired) electrons. The van der Waals surface area contributed by atoms with Gasteiger partial charge in [-0.15, -0.1) is 0 Å². The van der Waals surface area contributed by atoms with E-state index in [1.54, 1.807) is 0 Å². The molecule has 7 nitrogen and oxygen atoms in total. The zero-order chi connectivity index (χ0) is 23.1. The summed E-state index contributed by atoms with van der Waals surface area (Å²) in [5, 5.41) is 12.6. The second-order valence-electron chi connectivity index (χ2n) is 8.70. The Balaban J connectivity index is 1.63. The van der Waals surface area contributed by atoms with Gasteiger partial charge in [-0.3, -0.25) is 4.90 Å². The summed E-state index contributed by atoms with van der Waals surface area (Å²) in [7, 11) is 0. The summed E-state index contributed by atoms with van der Waals surface area (Å²) in [4.78, 5) is 7.34. The summed E-state index contributed by atoms with van der Waals surface area (Å²) in [6, 6.07) is 16.5. The molecule has 2 aliphatic heterocycles. The van der Waals surface area contributed by atoms with Crippen molar-refractivity contribution in [2.24, 2.45) is 10.1 Å². The Morgan fingerprint density at radius 3 is 2.42 bits per heavy atom. The zero-order valence-corrected chi connectivity index (χ0v) is 20.3. The maximum atomic E-state index is 6.10. The number of rotatable bonds is 6. The Hall–Kier alpha value is -3.19. The Labute approximate surface area is 199 Å².